The molecule has 2 fully saturated rings. The zero-order valence-corrected chi connectivity index (χ0v) is 16.6. The molecule has 0 spiro atoms. The number of carbonyl (C=O) groups excluding carboxylic acids is 1. The van der Waals surface area contributed by atoms with Crippen molar-refractivity contribution in [2.45, 2.75) is 90.7 Å². The third-order valence-corrected chi connectivity index (χ3v) is 5.61. The molecule has 1 amide bonds. The molecule has 0 saturated carbocycles. The van der Waals surface area contributed by atoms with E-state index in [-0.39, 0.29) is 6.09 Å². The van der Waals surface area contributed by atoms with Crippen molar-refractivity contribution in [3.8, 4) is 0 Å². The molecule has 0 aromatic carbocycles. The van der Waals surface area contributed by atoms with Crippen LogP contribution < -0.4 is 0 Å². The SMILES string of the molecule is CCCC1(N2CCCC(C)C2)CCCN(C(=O)OC(C)(C)C)CC1. The summed E-state index contributed by atoms with van der Waals surface area (Å²) in [7, 11) is 0. The predicted molar refractivity (Wildman–Crippen MR) is 99.3 cm³/mol. The van der Waals surface area contributed by atoms with Crippen LogP contribution in [0.25, 0.3) is 0 Å². The average molecular weight is 339 g/mol. The van der Waals surface area contributed by atoms with E-state index in [1.165, 1.54) is 45.2 Å². The fourth-order valence-electron chi connectivity index (χ4n) is 4.50. The van der Waals surface area contributed by atoms with E-state index in [4.69, 9.17) is 4.74 Å². The lowest BCUT2D eigenvalue weighted by molar-refractivity contribution is 0.0167. The van der Waals surface area contributed by atoms with Gasteiger partial charge in [-0.3, -0.25) is 4.90 Å². The smallest absolute Gasteiger partial charge is 0.410 e. The highest BCUT2D eigenvalue weighted by molar-refractivity contribution is 5.68. The zero-order valence-electron chi connectivity index (χ0n) is 16.6. The van der Waals surface area contributed by atoms with E-state index in [0.29, 0.717) is 5.54 Å². The number of likely N-dealkylation sites (tertiary alicyclic amines) is 2. The Morgan fingerprint density at radius 3 is 2.54 bits per heavy atom. The Morgan fingerprint density at radius 1 is 1.17 bits per heavy atom. The summed E-state index contributed by atoms with van der Waals surface area (Å²) in [6.07, 6.45) is 8.41. The topological polar surface area (TPSA) is 32.8 Å². The van der Waals surface area contributed by atoms with Crippen molar-refractivity contribution in [3.05, 3.63) is 0 Å². The largest absolute Gasteiger partial charge is 0.444 e. The van der Waals surface area contributed by atoms with Gasteiger partial charge in [0, 0.05) is 25.2 Å². The summed E-state index contributed by atoms with van der Waals surface area (Å²) >= 11 is 0. The number of rotatable bonds is 3. The second-order valence-corrected chi connectivity index (χ2v) is 8.99. The summed E-state index contributed by atoms with van der Waals surface area (Å²) in [6.45, 7) is 14.6. The number of ether oxygens (including phenoxy) is 1. The standard InChI is InChI=1S/C20H38N2O2/c1-6-10-20(22-14-7-9-17(2)16-22)11-8-13-21(15-12-20)18(23)24-19(3,4)5/h17H,6-16H2,1-5H3. The second kappa shape index (κ2) is 8.07. The van der Waals surface area contributed by atoms with E-state index in [1.807, 2.05) is 25.7 Å². The minimum absolute atomic E-state index is 0.137. The third kappa shape index (κ3) is 5.11. The van der Waals surface area contributed by atoms with Gasteiger partial charge in [-0.05, 0) is 71.8 Å². The molecule has 4 heteroatoms. The number of carbonyl (C=O) groups is 1. The van der Waals surface area contributed by atoms with Gasteiger partial charge in [-0.15, -0.1) is 0 Å². The fraction of sp³-hybridized carbons (Fsp3) is 0.950. The second-order valence-electron chi connectivity index (χ2n) is 8.99. The van der Waals surface area contributed by atoms with Gasteiger partial charge in [0.2, 0.25) is 0 Å². The number of nitrogens with zero attached hydrogens (tertiary/aromatic N) is 2. The van der Waals surface area contributed by atoms with Gasteiger partial charge in [0.25, 0.3) is 0 Å². The summed E-state index contributed by atoms with van der Waals surface area (Å²) in [5.41, 5.74) is -0.119. The first kappa shape index (κ1) is 19.6. The number of hydrogen-bond acceptors (Lipinski definition) is 3. The van der Waals surface area contributed by atoms with E-state index >= 15 is 0 Å². The summed E-state index contributed by atoms with van der Waals surface area (Å²) in [6, 6.07) is 0. The normalized spacial score (nSPS) is 30.0. The first-order valence-corrected chi connectivity index (χ1v) is 9.99. The monoisotopic (exact) mass is 338 g/mol. The fourth-order valence-corrected chi connectivity index (χ4v) is 4.50. The van der Waals surface area contributed by atoms with Gasteiger partial charge in [-0.2, -0.15) is 0 Å². The molecule has 140 valence electrons. The Kier molecular flexibility index (Phi) is 6.58. The van der Waals surface area contributed by atoms with Crippen LogP contribution in [0.2, 0.25) is 0 Å². The van der Waals surface area contributed by atoms with Gasteiger partial charge < -0.3 is 9.64 Å². The van der Waals surface area contributed by atoms with Gasteiger partial charge >= 0.3 is 6.09 Å². The third-order valence-electron chi connectivity index (χ3n) is 5.61. The maximum absolute atomic E-state index is 12.5. The minimum Gasteiger partial charge on any atom is -0.444 e. The van der Waals surface area contributed by atoms with Crippen LogP contribution in [-0.4, -0.2) is 53.2 Å². The van der Waals surface area contributed by atoms with Crippen LogP contribution in [0.3, 0.4) is 0 Å². The predicted octanol–water partition coefficient (Wildman–Crippen LogP) is 4.68. The molecular formula is C20H38N2O2. The molecule has 2 saturated heterocycles. The lowest BCUT2D eigenvalue weighted by atomic mass is 9.81. The van der Waals surface area contributed by atoms with Crippen LogP contribution in [-0.2, 0) is 4.74 Å². The Hall–Kier alpha value is -0.770. The highest BCUT2D eigenvalue weighted by Crippen LogP contribution is 2.36. The average Bonchev–Trinajstić information content (AvgIpc) is 2.70. The molecule has 24 heavy (non-hydrogen) atoms. The number of amides is 1. The molecule has 0 aromatic rings. The molecule has 4 nitrogen and oxygen atoms in total. The van der Waals surface area contributed by atoms with Crippen LogP contribution >= 0.6 is 0 Å². The molecule has 0 bridgehead atoms. The quantitative estimate of drug-likeness (QED) is 0.749. The Bertz CT molecular complexity index is 418. The minimum atomic E-state index is -0.411. The summed E-state index contributed by atoms with van der Waals surface area (Å²) in [4.78, 5) is 17.2. The van der Waals surface area contributed by atoms with Crippen molar-refractivity contribution in [3.63, 3.8) is 0 Å². The lowest BCUT2D eigenvalue weighted by Gasteiger charge is -2.47. The van der Waals surface area contributed by atoms with Crippen molar-refractivity contribution in [2.24, 2.45) is 5.92 Å². The maximum Gasteiger partial charge on any atom is 0.410 e. The molecule has 2 heterocycles. The van der Waals surface area contributed by atoms with E-state index in [0.717, 1.165) is 31.8 Å². The summed E-state index contributed by atoms with van der Waals surface area (Å²) in [5.74, 6) is 0.803. The van der Waals surface area contributed by atoms with Crippen molar-refractivity contribution in [1.82, 2.24) is 9.80 Å². The molecule has 0 N–H and O–H groups in total. The number of piperidine rings is 1. The number of hydrogen-bond donors (Lipinski definition) is 0. The maximum atomic E-state index is 12.5. The van der Waals surface area contributed by atoms with Crippen molar-refractivity contribution >= 4 is 6.09 Å². The molecule has 2 rings (SSSR count). The molecule has 0 radical (unpaired) electrons. The Labute approximate surface area is 148 Å². The Morgan fingerprint density at radius 2 is 1.92 bits per heavy atom. The summed E-state index contributed by atoms with van der Waals surface area (Å²) in [5, 5.41) is 0. The first-order valence-electron chi connectivity index (χ1n) is 9.99. The highest BCUT2D eigenvalue weighted by Gasteiger charge is 2.40. The Balaban J connectivity index is 2.05. The van der Waals surface area contributed by atoms with E-state index in [1.54, 1.807) is 0 Å². The molecule has 2 unspecified atom stereocenters. The van der Waals surface area contributed by atoms with E-state index in [9.17, 15) is 4.79 Å². The van der Waals surface area contributed by atoms with Gasteiger partial charge in [0.1, 0.15) is 5.60 Å². The highest BCUT2D eigenvalue weighted by atomic mass is 16.6. The van der Waals surface area contributed by atoms with Crippen molar-refractivity contribution < 1.29 is 9.53 Å². The van der Waals surface area contributed by atoms with E-state index < -0.39 is 5.60 Å². The molecule has 0 aromatic heterocycles. The van der Waals surface area contributed by atoms with Crippen LogP contribution in [0.5, 0.6) is 0 Å². The van der Waals surface area contributed by atoms with Gasteiger partial charge in [0.05, 0.1) is 0 Å². The van der Waals surface area contributed by atoms with Crippen molar-refractivity contribution in [1.29, 1.82) is 0 Å². The van der Waals surface area contributed by atoms with E-state index in [2.05, 4.69) is 18.7 Å². The van der Waals surface area contributed by atoms with Crippen LogP contribution in [0, 0.1) is 5.92 Å². The first-order chi connectivity index (χ1) is 11.3. The molecule has 2 aliphatic heterocycles. The van der Waals surface area contributed by atoms with Crippen LogP contribution in [0.4, 0.5) is 4.79 Å². The molecular weight excluding hydrogens is 300 g/mol. The molecule has 0 aliphatic carbocycles. The van der Waals surface area contributed by atoms with Gasteiger partial charge in [-0.1, -0.05) is 20.3 Å². The summed E-state index contributed by atoms with van der Waals surface area (Å²) < 4.78 is 5.60. The van der Waals surface area contributed by atoms with Gasteiger partial charge in [-0.25, -0.2) is 4.79 Å². The lowest BCUT2D eigenvalue weighted by Crippen LogP contribution is -2.53. The molecule has 2 aliphatic rings. The zero-order chi connectivity index (χ0) is 17.8. The molecule has 2 atom stereocenters. The van der Waals surface area contributed by atoms with Gasteiger partial charge in [0.15, 0.2) is 0 Å². The van der Waals surface area contributed by atoms with Crippen LogP contribution in [0.15, 0.2) is 0 Å². The van der Waals surface area contributed by atoms with Crippen LogP contribution in [0.1, 0.15) is 79.6 Å². The van der Waals surface area contributed by atoms with Crippen molar-refractivity contribution in [2.75, 3.05) is 26.2 Å².